The van der Waals surface area contributed by atoms with Crippen molar-refractivity contribution in [1.82, 2.24) is 10.3 Å². The summed E-state index contributed by atoms with van der Waals surface area (Å²) in [6, 6.07) is 6.64. The lowest BCUT2D eigenvalue weighted by Gasteiger charge is -2.28. The first kappa shape index (κ1) is 11.9. The maximum absolute atomic E-state index is 4.45. The van der Waals surface area contributed by atoms with Crippen LogP contribution < -0.4 is 10.2 Å². The first-order valence-corrected chi connectivity index (χ1v) is 6.62. The van der Waals surface area contributed by atoms with Gasteiger partial charge in [0.05, 0.1) is 0 Å². The predicted octanol–water partition coefficient (Wildman–Crippen LogP) is 2.42. The van der Waals surface area contributed by atoms with Crippen molar-refractivity contribution >= 4 is 21.7 Å². The normalized spacial score (nSPS) is 20.8. The van der Waals surface area contributed by atoms with Crippen LogP contribution in [0.3, 0.4) is 0 Å². The van der Waals surface area contributed by atoms with Gasteiger partial charge in [0, 0.05) is 19.6 Å². The number of pyridine rings is 1. The predicted molar refractivity (Wildman–Crippen MR) is 70.8 cm³/mol. The van der Waals surface area contributed by atoms with Gasteiger partial charge in [0.15, 0.2) is 0 Å². The summed E-state index contributed by atoms with van der Waals surface area (Å²) in [7, 11) is 2.10. The van der Waals surface area contributed by atoms with Gasteiger partial charge in [-0.25, -0.2) is 4.98 Å². The van der Waals surface area contributed by atoms with Crippen LogP contribution in [0.1, 0.15) is 19.3 Å². The second kappa shape index (κ2) is 5.64. The first-order valence-electron chi connectivity index (χ1n) is 5.83. The van der Waals surface area contributed by atoms with E-state index in [9.17, 15) is 0 Å². The van der Waals surface area contributed by atoms with E-state index in [1.54, 1.807) is 0 Å². The highest BCUT2D eigenvalue weighted by Gasteiger charge is 2.15. The molecule has 1 fully saturated rings. The van der Waals surface area contributed by atoms with Gasteiger partial charge in [-0.05, 0) is 47.4 Å². The molecule has 2 rings (SSSR count). The number of nitrogens with one attached hydrogen (secondary N) is 1. The van der Waals surface area contributed by atoms with E-state index in [1.807, 2.05) is 18.2 Å². The van der Waals surface area contributed by atoms with E-state index in [0.717, 1.165) is 23.5 Å². The summed E-state index contributed by atoms with van der Waals surface area (Å²) < 4.78 is 0.897. The minimum Gasteiger partial charge on any atom is -0.358 e. The standard InChI is InChI=1S/C12H18BrN3/c1-16(9-10-5-2-3-8-14-10)12-7-4-6-11(13)15-12/h4,6-7,10,14H,2-3,5,8-9H2,1H3/t10-/m0/s1. The topological polar surface area (TPSA) is 28.2 Å². The van der Waals surface area contributed by atoms with Crippen LogP contribution in [-0.4, -0.2) is 31.2 Å². The molecule has 0 radical (unpaired) electrons. The van der Waals surface area contributed by atoms with Crippen molar-refractivity contribution in [1.29, 1.82) is 0 Å². The SMILES string of the molecule is CN(C[C@@H]1CCCCN1)c1cccc(Br)n1. The molecule has 2 heterocycles. The summed E-state index contributed by atoms with van der Waals surface area (Å²) in [5.74, 6) is 1.03. The summed E-state index contributed by atoms with van der Waals surface area (Å²) >= 11 is 3.40. The average Bonchev–Trinajstić information content (AvgIpc) is 2.30. The number of anilines is 1. The Morgan fingerprint density at radius 2 is 2.38 bits per heavy atom. The number of nitrogens with zero attached hydrogens (tertiary/aromatic N) is 2. The molecule has 88 valence electrons. The number of likely N-dealkylation sites (N-methyl/N-ethyl adjacent to an activating group) is 1. The summed E-state index contributed by atoms with van der Waals surface area (Å²) in [6.45, 7) is 2.19. The Bertz CT molecular complexity index is 337. The van der Waals surface area contributed by atoms with E-state index < -0.39 is 0 Å². The van der Waals surface area contributed by atoms with Gasteiger partial charge in [-0.15, -0.1) is 0 Å². The second-order valence-electron chi connectivity index (χ2n) is 4.35. The fourth-order valence-corrected chi connectivity index (χ4v) is 2.45. The van der Waals surface area contributed by atoms with Crippen LogP contribution in [-0.2, 0) is 0 Å². The zero-order valence-corrected chi connectivity index (χ0v) is 11.2. The molecule has 0 bridgehead atoms. The molecule has 1 aliphatic heterocycles. The lowest BCUT2D eigenvalue weighted by Crippen LogP contribution is -2.42. The smallest absolute Gasteiger partial charge is 0.129 e. The van der Waals surface area contributed by atoms with Gasteiger partial charge >= 0.3 is 0 Å². The zero-order chi connectivity index (χ0) is 11.4. The zero-order valence-electron chi connectivity index (χ0n) is 9.62. The maximum Gasteiger partial charge on any atom is 0.129 e. The molecule has 1 aromatic rings. The lowest BCUT2D eigenvalue weighted by molar-refractivity contribution is 0.403. The first-order chi connectivity index (χ1) is 7.75. The average molecular weight is 284 g/mol. The van der Waals surface area contributed by atoms with Gasteiger partial charge < -0.3 is 10.2 Å². The molecule has 4 heteroatoms. The Hall–Kier alpha value is -0.610. The molecular weight excluding hydrogens is 266 g/mol. The van der Waals surface area contributed by atoms with Crippen LogP contribution in [0, 0.1) is 0 Å². The maximum atomic E-state index is 4.45. The highest BCUT2D eigenvalue weighted by Crippen LogP contribution is 2.15. The summed E-state index contributed by atoms with van der Waals surface area (Å²) in [5, 5.41) is 3.55. The molecule has 1 atom stereocenters. The second-order valence-corrected chi connectivity index (χ2v) is 5.16. The highest BCUT2D eigenvalue weighted by molar-refractivity contribution is 9.10. The lowest BCUT2D eigenvalue weighted by atomic mass is 10.0. The van der Waals surface area contributed by atoms with Crippen molar-refractivity contribution < 1.29 is 0 Å². The van der Waals surface area contributed by atoms with Crippen LogP contribution in [0.5, 0.6) is 0 Å². The van der Waals surface area contributed by atoms with Gasteiger partial charge in [0.2, 0.25) is 0 Å². The Kier molecular flexibility index (Phi) is 4.18. The quantitative estimate of drug-likeness (QED) is 0.864. The molecule has 0 aromatic carbocycles. The van der Waals surface area contributed by atoms with Crippen molar-refractivity contribution in [3.63, 3.8) is 0 Å². The Labute approximate surface area is 105 Å². The number of hydrogen-bond donors (Lipinski definition) is 1. The molecule has 1 saturated heterocycles. The summed E-state index contributed by atoms with van der Waals surface area (Å²) in [6.07, 6.45) is 3.94. The van der Waals surface area contributed by atoms with E-state index in [1.165, 1.54) is 19.3 Å². The number of aromatic nitrogens is 1. The molecule has 1 N–H and O–H groups in total. The van der Waals surface area contributed by atoms with E-state index in [-0.39, 0.29) is 0 Å². The molecule has 0 saturated carbocycles. The Morgan fingerprint density at radius 3 is 3.06 bits per heavy atom. The van der Waals surface area contributed by atoms with Crippen molar-refractivity contribution in [2.45, 2.75) is 25.3 Å². The summed E-state index contributed by atoms with van der Waals surface area (Å²) in [5.41, 5.74) is 0. The number of halogens is 1. The molecule has 0 aliphatic carbocycles. The van der Waals surface area contributed by atoms with Crippen LogP contribution in [0.2, 0.25) is 0 Å². The number of hydrogen-bond acceptors (Lipinski definition) is 3. The Morgan fingerprint density at radius 1 is 1.50 bits per heavy atom. The third kappa shape index (κ3) is 3.19. The molecule has 0 amide bonds. The molecule has 1 aromatic heterocycles. The molecule has 0 spiro atoms. The number of rotatable bonds is 3. The van der Waals surface area contributed by atoms with Crippen LogP contribution in [0.15, 0.2) is 22.8 Å². The molecule has 1 aliphatic rings. The Balaban J connectivity index is 1.94. The minimum atomic E-state index is 0.611. The highest BCUT2D eigenvalue weighted by atomic mass is 79.9. The molecule has 0 unspecified atom stereocenters. The van der Waals surface area contributed by atoms with Crippen molar-refractivity contribution in [2.24, 2.45) is 0 Å². The molecule has 3 nitrogen and oxygen atoms in total. The molecule has 16 heavy (non-hydrogen) atoms. The summed E-state index contributed by atoms with van der Waals surface area (Å²) in [4.78, 5) is 6.67. The van der Waals surface area contributed by atoms with Gasteiger partial charge in [-0.2, -0.15) is 0 Å². The van der Waals surface area contributed by atoms with Gasteiger partial charge in [-0.1, -0.05) is 12.5 Å². The van der Waals surface area contributed by atoms with E-state index >= 15 is 0 Å². The van der Waals surface area contributed by atoms with E-state index in [2.05, 4.69) is 38.2 Å². The van der Waals surface area contributed by atoms with Crippen molar-refractivity contribution in [3.05, 3.63) is 22.8 Å². The largest absolute Gasteiger partial charge is 0.358 e. The van der Waals surface area contributed by atoms with Gasteiger partial charge in [0.25, 0.3) is 0 Å². The minimum absolute atomic E-state index is 0.611. The van der Waals surface area contributed by atoms with Crippen LogP contribution in [0.25, 0.3) is 0 Å². The third-order valence-corrected chi connectivity index (χ3v) is 3.44. The van der Waals surface area contributed by atoms with E-state index in [0.29, 0.717) is 6.04 Å². The van der Waals surface area contributed by atoms with Crippen LogP contribution >= 0.6 is 15.9 Å². The molecular formula is C12H18BrN3. The van der Waals surface area contributed by atoms with E-state index in [4.69, 9.17) is 0 Å². The van der Waals surface area contributed by atoms with Gasteiger partial charge in [0.1, 0.15) is 10.4 Å². The third-order valence-electron chi connectivity index (χ3n) is 3.00. The fraction of sp³-hybridized carbons (Fsp3) is 0.583. The van der Waals surface area contributed by atoms with Crippen LogP contribution in [0.4, 0.5) is 5.82 Å². The van der Waals surface area contributed by atoms with Crippen molar-refractivity contribution in [3.8, 4) is 0 Å². The van der Waals surface area contributed by atoms with Crippen molar-refractivity contribution in [2.75, 3.05) is 25.0 Å². The van der Waals surface area contributed by atoms with Gasteiger partial charge in [-0.3, -0.25) is 0 Å². The monoisotopic (exact) mass is 283 g/mol. The fourth-order valence-electron chi connectivity index (χ4n) is 2.11. The number of piperidine rings is 1.